The number of rotatable bonds is 0. The Morgan fingerprint density at radius 2 is 0.500 bits per heavy atom. The maximum absolute atomic E-state index is 8.52. The van der Waals surface area contributed by atoms with E-state index in [9.17, 15) is 0 Å². The van der Waals surface area contributed by atoms with E-state index in [4.69, 9.17) is 42.2 Å². The van der Waals surface area contributed by atoms with E-state index in [2.05, 4.69) is 0 Å². The summed E-state index contributed by atoms with van der Waals surface area (Å²) in [5.74, 6) is 0. The maximum Gasteiger partial charge on any atom is 3.00 e. The van der Waals surface area contributed by atoms with Gasteiger partial charge in [-0.3, -0.25) is 0 Å². The van der Waals surface area contributed by atoms with Crippen LogP contribution in [0.1, 0.15) is 0 Å². The Bertz CT molecular complexity index is 133. The molecule has 0 saturated carbocycles. The van der Waals surface area contributed by atoms with Gasteiger partial charge in [0.15, 0.2) is 0 Å². The molecule has 0 aromatic heterocycles. The van der Waals surface area contributed by atoms with Gasteiger partial charge in [0.1, 0.15) is 0 Å². The summed E-state index contributed by atoms with van der Waals surface area (Å²) >= 11 is 0. The second-order valence-electron chi connectivity index (χ2n) is 0.750. The minimum atomic E-state index is -3.63. The molecule has 0 aliphatic heterocycles. The van der Waals surface area contributed by atoms with E-state index in [0.29, 0.717) is 0 Å². The molecule has 0 fully saturated rings. The molecule has 0 rings (SSSR count). The van der Waals surface area contributed by atoms with Crippen molar-refractivity contribution in [3.8, 4) is 0 Å². The van der Waals surface area contributed by atoms with Crippen LogP contribution in [-0.4, -0.2) is 108 Å². The van der Waals surface area contributed by atoms with Gasteiger partial charge in [-0.25, -0.2) is 0 Å². The summed E-state index contributed by atoms with van der Waals surface area (Å²) in [7, 11) is -10.9. The van der Waals surface area contributed by atoms with Crippen LogP contribution < -0.4 is 28.8 Å². The Balaban J connectivity index is -0.00000000827. The molecule has 0 radical (unpaired) electrons. The van der Waals surface area contributed by atoms with Crippen LogP contribution in [0.15, 0.2) is 0 Å². The Kier molecular flexibility index (Phi) is 164. The smallest absolute Gasteiger partial charge is 0.672 e. The van der Waals surface area contributed by atoms with E-state index in [0.717, 1.165) is 0 Å². The van der Waals surface area contributed by atoms with Crippen LogP contribution in [0, 0.1) is 0 Å². The maximum atomic E-state index is 8.52. The van der Waals surface area contributed by atoms with Crippen molar-refractivity contribution in [2.45, 2.75) is 0 Å². The van der Waals surface area contributed by atoms with Crippen LogP contribution in [0.5, 0.6) is 0 Å². The minimum Gasteiger partial charge on any atom is -0.672 e. The van der Waals surface area contributed by atoms with Crippen molar-refractivity contribution in [3.63, 3.8) is 0 Å². The van der Waals surface area contributed by atoms with Gasteiger partial charge in [-0.2, -0.15) is 0 Å². The van der Waals surface area contributed by atoms with Crippen molar-refractivity contribution in [2.75, 3.05) is 0 Å². The van der Waals surface area contributed by atoms with Crippen LogP contribution in [-0.2, 0) is 52.3 Å². The summed E-state index contributed by atoms with van der Waals surface area (Å²) in [6.45, 7) is 0. The molecule has 0 unspecified atom stereocenters. The number of hydrogen-bond acceptors (Lipinski definition) is 9. The van der Waals surface area contributed by atoms with Crippen molar-refractivity contribution in [2.24, 2.45) is 0 Å². The van der Waals surface area contributed by atoms with Gasteiger partial charge in [-0.15, -0.1) is 0 Å². The first kappa shape index (κ1) is 58.7. The van der Waals surface area contributed by atoms with Crippen LogP contribution in [0.2, 0.25) is 0 Å². The second-order valence-corrected chi connectivity index (χ2v) is 2.25. The molecule has 18 heteroatoms. The van der Waals surface area contributed by atoms with Crippen molar-refractivity contribution in [1.29, 1.82) is 0 Å². The Morgan fingerprint density at radius 1 is 0.500 bits per heavy atom. The fourth-order valence-electron chi connectivity index (χ4n) is 0. The van der Waals surface area contributed by atoms with E-state index in [1.165, 1.54) is 0 Å². The number of hydrogen-bond donors (Lipinski definition) is 0. The standard InChI is InChI=1S/2Al.2Mg.3O3Si.2Zn.4H/c;;;;3*1-4(2)3;;;;;;/q2*+3;;;3*-2;;;;;;. The summed E-state index contributed by atoms with van der Waals surface area (Å²) in [6.07, 6.45) is 0. The van der Waals surface area contributed by atoms with E-state index in [1.807, 2.05) is 0 Å². The molecule has 0 aromatic rings. The quantitative estimate of drug-likeness (QED) is 0.313. The van der Waals surface area contributed by atoms with E-state index >= 15 is 0 Å². The molecule has 0 spiro atoms. The van der Waals surface area contributed by atoms with Crippen molar-refractivity contribution >= 4 is 108 Å². The average Bonchev–Trinajstić information content (AvgIpc) is 1.54. The molecular formula is H4Al2Mg2O9Si3Zn2. The summed E-state index contributed by atoms with van der Waals surface area (Å²) in [4.78, 5) is 51.1. The van der Waals surface area contributed by atoms with Crippen molar-refractivity contribution in [3.05, 3.63) is 0 Å². The molecule has 84 valence electrons. The monoisotopic (exact) mass is 462 g/mol. The van der Waals surface area contributed by atoms with E-state index in [1.54, 1.807) is 0 Å². The molecule has 0 aliphatic carbocycles. The van der Waals surface area contributed by atoms with E-state index in [-0.39, 0.29) is 120 Å². The van der Waals surface area contributed by atoms with Gasteiger partial charge in [0.25, 0.3) is 0 Å². The Labute approximate surface area is 187 Å². The molecule has 0 amide bonds. The van der Waals surface area contributed by atoms with E-state index < -0.39 is 27.5 Å². The molecule has 0 heterocycles. The molecule has 0 saturated heterocycles. The predicted molar refractivity (Wildman–Crippen MR) is 47.9 cm³/mol. The van der Waals surface area contributed by atoms with Gasteiger partial charge in [-0.1, -0.05) is 0 Å². The molecular weight excluding hydrogens is 462 g/mol. The van der Waals surface area contributed by atoms with Crippen LogP contribution in [0.3, 0.4) is 0 Å². The first-order valence-electron chi connectivity index (χ1n) is 1.84. The molecule has 9 nitrogen and oxygen atoms in total. The predicted octanol–water partition coefficient (Wildman–Crippen LogP) is -11.2. The van der Waals surface area contributed by atoms with Gasteiger partial charge in [0, 0.05) is 66.5 Å². The van der Waals surface area contributed by atoms with Crippen molar-refractivity contribution in [1.82, 2.24) is 0 Å². The fourth-order valence-corrected chi connectivity index (χ4v) is 0. The van der Waals surface area contributed by atoms with Gasteiger partial charge in [-0.05, 0) is 0 Å². The van der Waals surface area contributed by atoms with Gasteiger partial charge in [0.05, 0.1) is 0 Å². The SMILES string of the molecule is O=[Si]([O-])[O-].O=[Si]([O-])[O-].O=[Si]([O-])[O-].[Al+3].[Al+3].[MgH2].[MgH2].[Zn].[Zn]. The van der Waals surface area contributed by atoms with Gasteiger partial charge < -0.3 is 42.2 Å². The van der Waals surface area contributed by atoms with Crippen LogP contribution >= 0.6 is 0 Å². The van der Waals surface area contributed by atoms with Gasteiger partial charge >= 0.3 is 80.8 Å². The summed E-state index contributed by atoms with van der Waals surface area (Å²) in [6, 6.07) is 0. The molecule has 18 heavy (non-hydrogen) atoms. The first-order chi connectivity index (χ1) is 5.20. The summed E-state index contributed by atoms with van der Waals surface area (Å²) in [5, 5.41) is 0. The topological polar surface area (TPSA) is 190 Å². The summed E-state index contributed by atoms with van der Waals surface area (Å²) < 4.78 is 25.6. The third-order valence-corrected chi connectivity index (χ3v) is 0. The molecule has 0 aliphatic rings. The Hall–Kier alpha value is 2.69. The molecule has 0 atom stereocenters. The zero-order chi connectivity index (χ0) is 10.7. The zero-order valence-corrected chi connectivity index (χ0v) is 19.0. The molecule has 0 bridgehead atoms. The largest absolute Gasteiger partial charge is 3.00 e. The third-order valence-electron chi connectivity index (χ3n) is 0. The van der Waals surface area contributed by atoms with Gasteiger partial charge in [0.2, 0.25) is 0 Å². The molecule has 0 aromatic carbocycles. The van der Waals surface area contributed by atoms with Crippen molar-refractivity contribution < 1.29 is 81.1 Å². The zero-order valence-electron chi connectivity index (χ0n) is 7.74. The summed E-state index contributed by atoms with van der Waals surface area (Å²) in [5.41, 5.74) is 0. The normalized spacial score (nSPS) is 4.00. The second kappa shape index (κ2) is 50.3. The average molecular weight is 466 g/mol. The van der Waals surface area contributed by atoms with Crippen LogP contribution in [0.25, 0.3) is 0 Å². The Morgan fingerprint density at radius 3 is 0.500 bits per heavy atom. The van der Waals surface area contributed by atoms with Crippen LogP contribution in [0.4, 0.5) is 0 Å². The fraction of sp³-hybridized carbons (Fsp3) is 0. The first-order valence-corrected chi connectivity index (χ1v) is 5.51. The third kappa shape index (κ3) is 806. The molecule has 0 N–H and O–H groups in total. The minimum absolute atomic E-state index is 0.